The highest BCUT2D eigenvalue weighted by Crippen LogP contribution is 2.31. The molecule has 194 valence electrons. The number of carbonyl (C=O) groups is 1. The van der Waals surface area contributed by atoms with Crippen LogP contribution in [0.2, 0.25) is 0 Å². The van der Waals surface area contributed by atoms with Gasteiger partial charge in [-0.1, -0.05) is 35.6 Å². The predicted octanol–water partition coefficient (Wildman–Crippen LogP) is 3.71. The minimum Gasteiger partial charge on any atom is -0.463 e. The number of anilines is 2. The molecule has 0 radical (unpaired) electrons. The number of nitrogens with zero attached hydrogens (tertiary/aromatic N) is 4. The van der Waals surface area contributed by atoms with Gasteiger partial charge in [-0.2, -0.15) is 0 Å². The fraction of sp³-hybridized carbons (Fsp3) is 0.345. The largest absolute Gasteiger partial charge is 0.463 e. The van der Waals surface area contributed by atoms with E-state index in [9.17, 15) is 9.59 Å². The van der Waals surface area contributed by atoms with Gasteiger partial charge in [0.15, 0.2) is 4.80 Å². The van der Waals surface area contributed by atoms with Gasteiger partial charge in [-0.3, -0.25) is 9.36 Å². The summed E-state index contributed by atoms with van der Waals surface area (Å²) in [5, 5.41) is 0. The van der Waals surface area contributed by atoms with Crippen LogP contribution in [-0.2, 0) is 9.53 Å². The fourth-order valence-electron chi connectivity index (χ4n) is 4.58. The van der Waals surface area contributed by atoms with E-state index in [1.807, 2.05) is 61.5 Å². The Kier molecular flexibility index (Phi) is 7.97. The van der Waals surface area contributed by atoms with Crippen molar-refractivity contribution < 1.29 is 9.53 Å². The summed E-state index contributed by atoms with van der Waals surface area (Å²) >= 11 is 1.34. The molecule has 7 nitrogen and oxygen atoms in total. The van der Waals surface area contributed by atoms with Crippen molar-refractivity contribution in [3.05, 3.63) is 90.6 Å². The third-order valence-corrected chi connectivity index (χ3v) is 7.54. The van der Waals surface area contributed by atoms with Crippen molar-refractivity contribution in [2.45, 2.75) is 33.7 Å². The van der Waals surface area contributed by atoms with Crippen molar-refractivity contribution in [1.82, 2.24) is 4.57 Å². The van der Waals surface area contributed by atoms with Gasteiger partial charge in [0.2, 0.25) is 0 Å². The van der Waals surface area contributed by atoms with Gasteiger partial charge < -0.3 is 14.5 Å². The van der Waals surface area contributed by atoms with Crippen LogP contribution in [0, 0.1) is 0 Å². The Balaban J connectivity index is 1.84. The number of hydrogen-bond donors (Lipinski definition) is 0. The summed E-state index contributed by atoms with van der Waals surface area (Å²) < 4.78 is 7.58. The maximum absolute atomic E-state index is 13.8. The van der Waals surface area contributed by atoms with E-state index in [1.165, 1.54) is 11.3 Å². The number of hydrogen-bond acceptors (Lipinski definition) is 7. The number of fused-ring (bicyclic) bond motifs is 1. The normalized spacial score (nSPS) is 15.3. The molecule has 0 saturated heterocycles. The van der Waals surface area contributed by atoms with Gasteiger partial charge in [-0.25, -0.2) is 9.79 Å². The van der Waals surface area contributed by atoms with Crippen molar-refractivity contribution >= 4 is 34.8 Å². The number of ether oxygens (including phenoxy) is 1. The molecule has 0 aliphatic carbocycles. The number of rotatable bonds is 8. The first kappa shape index (κ1) is 26.4. The summed E-state index contributed by atoms with van der Waals surface area (Å²) in [6.07, 6.45) is 1.89. The Morgan fingerprint density at radius 2 is 1.65 bits per heavy atom. The lowest BCUT2D eigenvalue weighted by molar-refractivity contribution is -0.139. The number of aromatic nitrogens is 1. The molecule has 1 aliphatic rings. The summed E-state index contributed by atoms with van der Waals surface area (Å²) in [6, 6.07) is 15.5. The quantitative estimate of drug-likeness (QED) is 0.426. The standard InChI is InChI=1S/C29H34N4O3S/c1-7-32(8-2)23-14-10-20(11-15-23)18-24-27(34)33-26(21-12-16-22(17-13-21)31(5)6)25(28(35)36-9-3)19(4)30-29(33)37-24/h10-18,26H,7-9H2,1-6H3/t26-/m1/s1. The van der Waals surface area contributed by atoms with Crippen molar-refractivity contribution in [2.24, 2.45) is 4.99 Å². The first-order chi connectivity index (χ1) is 17.8. The molecule has 8 heteroatoms. The third kappa shape index (κ3) is 5.25. The van der Waals surface area contributed by atoms with Gasteiger partial charge >= 0.3 is 5.97 Å². The molecule has 0 N–H and O–H groups in total. The molecule has 37 heavy (non-hydrogen) atoms. The Morgan fingerprint density at radius 1 is 1.03 bits per heavy atom. The van der Waals surface area contributed by atoms with E-state index < -0.39 is 12.0 Å². The molecule has 0 amide bonds. The van der Waals surface area contributed by atoms with Gasteiger partial charge in [0, 0.05) is 38.6 Å². The second-order valence-corrected chi connectivity index (χ2v) is 10.1. The number of benzene rings is 2. The first-order valence-electron chi connectivity index (χ1n) is 12.6. The SMILES string of the molecule is CCOC(=O)C1=C(C)N=c2sc(=Cc3ccc(N(CC)CC)cc3)c(=O)n2[C@@H]1c1ccc(N(C)C)cc1. The molecule has 0 unspecified atom stereocenters. The molecular formula is C29H34N4O3S. The summed E-state index contributed by atoms with van der Waals surface area (Å²) in [5.74, 6) is -0.452. The van der Waals surface area contributed by atoms with E-state index in [4.69, 9.17) is 4.74 Å². The van der Waals surface area contributed by atoms with Crippen LogP contribution >= 0.6 is 11.3 Å². The van der Waals surface area contributed by atoms with Crippen LogP contribution in [0.3, 0.4) is 0 Å². The van der Waals surface area contributed by atoms with Crippen molar-refractivity contribution in [3.8, 4) is 0 Å². The second kappa shape index (κ2) is 11.2. The Morgan fingerprint density at radius 3 is 2.22 bits per heavy atom. The average Bonchev–Trinajstić information content (AvgIpc) is 3.19. The molecule has 1 aliphatic heterocycles. The van der Waals surface area contributed by atoms with Crippen LogP contribution < -0.4 is 24.7 Å². The lowest BCUT2D eigenvalue weighted by Crippen LogP contribution is -2.39. The third-order valence-electron chi connectivity index (χ3n) is 6.56. The fourth-order valence-corrected chi connectivity index (χ4v) is 5.63. The van der Waals surface area contributed by atoms with E-state index >= 15 is 0 Å². The van der Waals surface area contributed by atoms with E-state index in [2.05, 4.69) is 35.9 Å². The zero-order valence-electron chi connectivity index (χ0n) is 22.3. The second-order valence-electron chi connectivity index (χ2n) is 9.05. The maximum atomic E-state index is 13.8. The van der Waals surface area contributed by atoms with Crippen LogP contribution in [0.15, 0.2) is 69.6 Å². The summed E-state index contributed by atoms with van der Waals surface area (Å²) in [6.45, 7) is 9.96. The lowest BCUT2D eigenvalue weighted by atomic mass is 9.95. The van der Waals surface area contributed by atoms with Crippen LogP contribution in [0.5, 0.6) is 0 Å². The molecule has 1 atom stereocenters. The number of allylic oxidation sites excluding steroid dienone is 1. The Bertz CT molecular complexity index is 1480. The summed E-state index contributed by atoms with van der Waals surface area (Å²) in [7, 11) is 3.95. The highest BCUT2D eigenvalue weighted by atomic mass is 32.1. The maximum Gasteiger partial charge on any atom is 0.338 e. The highest BCUT2D eigenvalue weighted by molar-refractivity contribution is 7.07. The monoisotopic (exact) mass is 518 g/mol. The number of esters is 1. The van der Waals surface area contributed by atoms with Gasteiger partial charge in [0.25, 0.3) is 5.56 Å². The molecule has 2 heterocycles. The van der Waals surface area contributed by atoms with Gasteiger partial charge in [-0.05, 0) is 69.2 Å². The van der Waals surface area contributed by atoms with Gasteiger partial charge in [0.05, 0.1) is 28.5 Å². The average molecular weight is 519 g/mol. The van der Waals surface area contributed by atoms with Crippen LogP contribution in [0.25, 0.3) is 6.08 Å². The van der Waals surface area contributed by atoms with E-state index in [0.717, 1.165) is 35.6 Å². The molecule has 0 saturated carbocycles. The Labute approximate surface area is 221 Å². The topological polar surface area (TPSA) is 67.1 Å². The molecule has 2 aromatic carbocycles. The molecular weight excluding hydrogens is 484 g/mol. The van der Waals surface area contributed by atoms with E-state index in [-0.39, 0.29) is 12.2 Å². The molecule has 1 aromatic heterocycles. The highest BCUT2D eigenvalue weighted by Gasteiger charge is 2.33. The van der Waals surface area contributed by atoms with Gasteiger partial charge in [0.1, 0.15) is 0 Å². The Hall–Kier alpha value is -3.65. The number of carbonyl (C=O) groups excluding carboxylic acids is 1. The van der Waals surface area contributed by atoms with Crippen molar-refractivity contribution in [2.75, 3.05) is 43.6 Å². The minimum atomic E-state index is -0.612. The van der Waals surface area contributed by atoms with E-state index in [1.54, 1.807) is 18.4 Å². The van der Waals surface area contributed by atoms with Crippen molar-refractivity contribution in [3.63, 3.8) is 0 Å². The first-order valence-corrected chi connectivity index (χ1v) is 13.4. The zero-order chi connectivity index (χ0) is 26.7. The lowest BCUT2D eigenvalue weighted by Gasteiger charge is -2.25. The zero-order valence-corrected chi connectivity index (χ0v) is 23.1. The smallest absolute Gasteiger partial charge is 0.338 e. The van der Waals surface area contributed by atoms with Crippen LogP contribution in [-0.4, -0.2) is 44.3 Å². The van der Waals surface area contributed by atoms with Crippen LogP contribution in [0.1, 0.15) is 44.9 Å². The minimum absolute atomic E-state index is 0.174. The molecule has 3 aromatic rings. The molecule has 0 spiro atoms. The van der Waals surface area contributed by atoms with Crippen molar-refractivity contribution in [1.29, 1.82) is 0 Å². The molecule has 0 fully saturated rings. The van der Waals surface area contributed by atoms with E-state index in [0.29, 0.717) is 20.6 Å². The molecule has 0 bridgehead atoms. The summed E-state index contributed by atoms with van der Waals surface area (Å²) in [5.41, 5.74) is 4.74. The predicted molar refractivity (Wildman–Crippen MR) is 151 cm³/mol. The molecule has 4 rings (SSSR count). The van der Waals surface area contributed by atoms with Gasteiger partial charge in [-0.15, -0.1) is 0 Å². The summed E-state index contributed by atoms with van der Waals surface area (Å²) in [4.78, 5) is 36.3. The van der Waals surface area contributed by atoms with Crippen LogP contribution in [0.4, 0.5) is 11.4 Å². The number of thiazole rings is 1.